The molecule has 1 N–H and O–H groups in total. The molecule has 0 aromatic carbocycles. The molecule has 0 saturated heterocycles. The lowest BCUT2D eigenvalue weighted by Crippen LogP contribution is -2.26. The van der Waals surface area contributed by atoms with Crippen molar-refractivity contribution in [1.29, 1.82) is 0 Å². The van der Waals surface area contributed by atoms with Gasteiger partial charge in [-0.25, -0.2) is 9.97 Å². The molecule has 0 radical (unpaired) electrons. The number of nitrogens with zero attached hydrogens (tertiary/aromatic N) is 2. The van der Waals surface area contributed by atoms with Crippen LogP contribution < -0.4 is 5.32 Å². The monoisotopic (exact) mass is 243 g/mol. The maximum Gasteiger partial charge on any atom is 0.224 e. The summed E-state index contributed by atoms with van der Waals surface area (Å²) in [5.41, 5.74) is 0. The van der Waals surface area contributed by atoms with Gasteiger partial charge in [-0.2, -0.15) is 11.8 Å². The number of hydrogen-bond donors (Lipinski definition) is 1. The van der Waals surface area contributed by atoms with E-state index < -0.39 is 0 Å². The molecule has 1 fully saturated rings. The first kappa shape index (κ1) is 11.0. The molecule has 2 rings (SSSR count). The zero-order chi connectivity index (χ0) is 10.7. The molecule has 1 aromatic heterocycles. The third-order valence-corrected chi connectivity index (χ3v) is 4.07. The molecule has 1 aliphatic rings. The third kappa shape index (κ3) is 2.75. The highest BCUT2D eigenvalue weighted by Crippen LogP contribution is 2.30. The molecule has 2 atom stereocenters. The van der Waals surface area contributed by atoms with Crippen molar-refractivity contribution in [3.05, 3.63) is 17.5 Å². The Morgan fingerprint density at radius 1 is 1.53 bits per heavy atom. The van der Waals surface area contributed by atoms with E-state index in [0.717, 1.165) is 5.82 Å². The second-order valence-corrected chi connectivity index (χ2v) is 5.08. The van der Waals surface area contributed by atoms with Crippen LogP contribution >= 0.6 is 23.4 Å². The molecular formula is C10H14ClN3S. The largest absolute Gasteiger partial charge is 0.366 e. The van der Waals surface area contributed by atoms with Crippen molar-refractivity contribution in [2.24, 2.45) is 0 Å². The highest BCUT2D eigenvalue weighted by molar-refractivity contribution is 7.99. The maximum atomic E-state index is 5.73. The quantitative estimate of drug-likeness (QED) is 0.829. The lowest BCUT2D eigenvalue weighted by molar-refractivity contribution is 0.762. The molecule has 2 unspecified atom stereocenters. The molecule has 0 amide bonds. The minimum absolute atomic E-state index is 0.304. The molecule has 1 heterocycles. The van der Waals surface area contributed by atoms with Gasteiger partial charge in [0.2, 0.25) is 5.28 Å². The highest BCUT2D eigenvalue weighted by Gasteiger charge is 2.26. The van der Waals surface area contributed by atoms with E-state index in [1.807, 2.05) is 17.8 Å². The summed E-state index contributed by atoms with van der Waals surface area (Å²) in [5.74, 6) is 0.834. The number of rotatable bonds is 3. The fraction of sp³-hybridized carbons (Fsp3) is 0.600. The number of hydrogen-bond acceptors (Lipinski definition) is 4. The first-order valence-electron chi connectivity index (χ1n) is 5.07. The van der Waals surface area contributed by atoms with Crippen molar-refractivity contribution >= 4 is 29.2 Å². The predicted octanol–water partition coefficient (Wildman–Crippen LogP) is 2.83. The summed E-state index contributed by atoms with van der Waals surface area (Å²) in [4.78, 5) is 8.00. The smallest absolute Gasteiger partial charge is 0.224 e. The van der Waals surface area contributed by atoms with Crippen molar-refractivity contribution in [1.82, 2.24) is 9.97 Å². The van der Waals surface area contributed by atoms with E-state index in [1.54, 1.807) is 6.20 Å². The van der Waals surface area contributed by atoms with E-state index >= 15 is 0 Å². The zero-order valence-electron chi connectivity index (χ0n) is 8.61. The van der Waals surface area contributed by atoms with Gasteiger partial charge in [-0.1, -0.05) is 6.42 Å². The van der Waals surface area contributed by atoms with Crippen LogP contribution in [0.3, 0.4) is 0 Å². The van der Waals surface area contributed by atoms with E-state index in [0.29, 0.717) is 16.6 Å². The number of halogens is 1. The van der Waals surface area contributed by atoms with E-state index in [4.69, 9.17) is 11.6 Å². The van der Waals surface area contributed by atoms with E-state index in [1.165, 1.54) is 19.3 Å². The van der Waals surface area contributed by atoms with Crippen molar-refractivity contribution in [2.45, 2.75) is 30.6 Å². The number of nitrogens with one attached hydrogen (secondary N) is 1. The normalized spacial score (nSPS) is 25.5. The Morgan fingerprint density at radius 2 is 2.40 bits per heavy atom. The summed E-state index contributed by atoms with van der Waals surface area (Å²) in [6.07, 6.45) is 7.64. The SMILES string of the molecule is CSC1CCCC1Nc1ccnc(Cl)n1. The number of anilines is 1. The van der Waals surface area contributed by atoms with Crippen LogP contribution in [0.5, 0.6) is 0 Å². The summed E-state index contributed by atoms with van der Waals surface area (Å²) >= 11 is 7.66. The average Bonchev–Trinajstić information content (AvgIpc) is 2.65. The lowest BCUT2D eigenvalue weighted by atomic mass is 10.2. The molecular weight excluding hydrogens is 230 g/mol. The molecule has 82 valence electrons. The van der Waals surface area contributed by atoms with E-state index in [-0.39, 0.29) is 0 Å². The number of aromatic nitrogens is 2. The van der Waals surface area contributed by atoms with Gasteiger partial charge in [-0.05, 0) is 36.8 Å². The molecule has 0 bridgehead atoms. The van der Waals surface area contributed by atoms with Gasteiger partial charge in [0.1, 0.15) is 5.82 Å². The molecule has 1 aromatic rings. The minimum Gasteiger partial charge on any atom is -0.366 e. The Morgan fingerprint density at radius 3 is 3.13 bits per heavy atom. The second-order valence-electron chi connectivity index (χ2n) is 3.67. The first-order valence-corrected chi connectivity index (χ1v) is 6.74. The van der Waals surface area contributed by atoms with Gasteiger partial charge in [0.05, 0.1) is 0 Å². The van der Waals surface area contributed by atoms with Crippen LogP contribution in [0.4, 0.5) is 5.82 Å². The first-order chi connectivity index (χ1) is 7.29. The summed E-state index contributed by atoms with van der Waals surface area (Å²) < 4.78 is 0. The van der Waals surface area contributed by atoms with Crippen molar-refractivity contribution in [3.63, 3.8) is 0 Å². The van der Waals surface area contributed by atoms with Gasteiger partial charge in [0.15, 0.2) is 0 Å². The van der Waals surface area contributed by atoms with Crippen LogP contribution in [0, 0.1) is 0 Å². The fourth-order valence-electron chi connectivity index (χ4n) is 1.98. The van der Waals surface area contributed by atoms with Gasteiger partial charge < -0.3 is 5.32 Å². The molecule has 3 nitrogen and oxygen atoms in total. The minimum atomic E-state index is 0.304. The third-order valence-electron chi connectivity index (χ3n) is 2.71. The van der Waals surface area contributed by atoms with Crippen LogP contribution in [0.1, 0.15) is 19.3 Å². The van der Waals surface area contributed by atoms with Crippen molar-refractivity contribution in [2.75, 3.05) is 11.6 Å². The van der Waals surface area contributed by atoms with Gasteiger partial charge in [0.25, 0.3) is 0 Å². The Bertz CT molecular complexity index is 334. The molecule has 5 heteroatoms. The lowest BCUT2D eigenvalue weighted by Gasteiger charge is -2.19. The Balaban J connectivity index is 2.02. The van der Waals surface area contributed by atoms with Crippen LogP contribution in [-0.2, 0) is 0 Å². The van der Waals surface area contributed by atoms with E-state index in [9.17, 15) is 0 Å². The Hall–Kier alpha value is -0.480. The Kier molecular flexibility index (Phi) is 3.70. The summed E-state index contributed by atoms with van der Waals surface area (Å²) in [7, 11) is 0. The average molecular weight is 244 g/mol. The van der Waals surface area contributed by atoms with Crippen molar-refractivity contribution < 1.29 is 0 Å². The topological polar surface area (TPSA) is 37.8 Å². The maximum absolute atomic E-state index is 5.73. The highest BCUT2D eigenvalue weighted by atomic mass is 35.5. The fourth-order valence-corrected chi connectivity index (χ4v) is 3.06. The number of thioether (sulfide) groups is 1. The second kappa shape index (κ2) is 5.03. The van der Waals surface area contributed by atoms with Crippen LogP contribution in [-0.4, -0.2) is 27.5 Å². The predicted molar refractivity (Wildman–Crippen MR) is 65.6 cm³/mol. The zero-order valence-corrected chi connectivity index (χ0v) is 10.2. The van der Waals surface area contributed by atoms with Crippen LogP contribution in [0.2, 0.25) is 5.28 Å². The van der Waals surface area contributed by atoms with Crippen LogP contribution in [0.25, 0.3) is 0 Å². The van der Waals surface area contributed by atoms with Crippen molar-refractivity contribution in [3.8, 4) is 0 Å². The van der Waals surface area contributed by atoms with E-state index in [2.05, 4.69) is 21.5 Å². The van der Waals surface area contributed by atoms with Gasteiger partial charge >= 0.3 is 0 Å². The molecule has 1 saturated carbocycles. The Labute approximate surface area is 99.0 Å². The summed E-state index contributed by atoms with van der Waals surface area (Å²) in [5, 5.41) is 4.42. The molecule has 1 aliphatic carbocycles. The van der Waals surface area contributed by atoms with Crippen LogP contribution in [0.15, 0.2) is 12.3 Å². The summed E-state index contributed by atoms with van der Waals surface area (Å²) in [6.45, 7) is 0. The van der Waals surface area contributed by atoms with Gasteiger partial charge in [-0.15, -0.1) is 0 Å². The molecule has 0 spiro atoms. The molecule has 15 heavy (non-hydrogen) atoms. The van der Waals surface area contributed by atoms with Gasteiger partial charge in [0, 0.05) is 17.5 Å². The summed E-state index contributed by atoms with van der Waals surface area (Å²) in [6, 6.07) is 2.38. The molecule has 0 aliphatic heterocycles. The van der Waals surface area contributed by atoms with Gasteiger partial charge in [-0.3, -0.25) is 0 Å². The standard InChI is InChI=1S/C10H14ClN3S/c1-15-8-4-2-3-7(8)13-9-5-6-12-10(11)14-9/h5-8H,2-4H2,1H3,(H,12,13,14).